The van der Waals surface area contributed by atoms with Crippen molar-refractivity contribution in [1.82, 2.24) is 9.55 Å². The maximum atomic E-state index is 13.8. The Kier molecular flexibility index (Phi) is 3.72. The van der Waals surface area contributed by atoms with Crippen LogP contribution in [0.4, 0.5) is 16.0 Å². The van der Waals surface area contributed by atoms with Crippen molar-refractivity contribution in [3.05, 3.63) is 42.0 Å². The third-order valence-electron chi connectivity index (χ3n) is 4.01. The molecule has 1 aromatic heterocycles. The number of anilines is 2. The molecule has 1 aliphatic rings. The van der Waals surface area contributed by atoms with E-state index in [1.54, 1.807) is 12.3 Å². The molecule has 1 saturated carbocycles. The second kappa shape index (κ2) is 5.65. The number of benzene rings is 1. The SMILES string of the molecule is Cc1ccc(F)c(Nc2nccn2C2CCCCC2)c1. The zero-order valence-corrected chi connectivity index (χ0v) is 11.8. The van der Waals surface area contributed by atoms with Gasteiger partial charge in [-0.05, 0) is 37.5 Å². The minimum atomic E-state index is -0.242. The fourth-order valence-corrected chi connectivity index (χ4v) is 2.92. The number of aryl methyl sites for hydroxylation is 1. The van der Waals surface area contributed by atoms with E-state index in [1.807, 2.05) is 19.2 Å². The van der Waals surface area contributed by atoms with Crippen LogP contribution >= 0.6 is 0 Å². The smallest absolute Gasteiger partial charge is 0.207 e. The Bertz CT molecular complexity index is 585. The van der Waals surface area contributed by atoms with Gasteiger partial charge in [-0.15, -0.1) is 0 Å². The molecule has 1 fully saturated rings. The largest absolute Gasteiger partial charge is 0.323 e. The van der Waals surface area contributed by atoms with E-state index in [1.165, 1.54) is 38.2 Å². The predicted octanol–water partition coefficient (Wildman–Crippen LogP) is 4.58. The van der Waals surface area contributed by atoms with Crippen LogP contribution in [0.3, 0.4) is 0 Å². The summed E-state index contributed by atoms with van der Waals surface area (Å²) >= 11 is 0. The van der Waals surface area contributed by atoms with Gasteiger partial charge in [-0.3, -0.25) is 0 Å². The van der Waals surface area contributed by atoms with Gasteiger partial charge in [0.05, 0.1) is 5.69 Å². The highest BCUT2D eigenvalue weighted by Gasteiger charge is 2.18. The minimum Gasteiger partial charge on any atom is -0.323 e. The van der Waals surface area contributed by atoms with E-state index in [-0.39, 0.29) is 5.82 Å². The van der Waals surface area contributed by atoms with Crippen LogP contribution in [-0.2, 0) is 0 Å². The minimum absolute atomic E-state index is 0.242. The molecular formula is C16H20FN3. The standard InChI is InChI=1S/C16H20FN3/c1-12-7-8-14(17)15(11-12)19-16-18-9-10-20(16)13-5-3-2-4-6-13/h7-11,13H,2-6H2,1H3,(H,18,19). The fourth-order valence-electron chi connectivity index (χ4n) is 2.92. The summed E-state index contributed by atoms with van der Waals surface area (Å²) in [5.74, 6) is 0.496. The lowest BCUT2D eigenvalue weighted by Crippen LogP contribution is -2.14. The zero-order valence-electron chi connectivity index (χ0n) is 11.8. The van der Waals surface area contributed by atoms with Gasteiger partial charge in [0, 0.05) is 18.4 Å². The number of nitrogens with zero attached hydrogens (tertiary/aromatic N) is 2. The molecule has 0 saturated heterocycles. The number of hydrogen-bond donors (Lipinski definition) is 1. The van der Waals surface area contributed by atoms with Crippen molar-refractivity contribution in [2.75, 3.05) is 5.32 Å². The summed E-state index contributed by atoms with van der Waals surface area (Å²) in [4.78, 5) is 4.34. The zero-order chi connectivity index (χ0) is 13.9. The first-order chi connectivity index (χ1) is 9.74. The van der Waals surface area contributed by atoms with Crippen LogP contribution in [0.5, 0.6) is 0 Å². The molecule has 1 heterocycles. The van der Waals surface area contributed by atoms with Gasteiger partial charge >= 0.3 is 0 Å². The van der Waals surface area contributed by atoms with Crippen LogP contribution in [0.2, 0.25) is 0 Å². The van der Waals surface area contributed by atoms with E-state index in [9.17, 15) is 4.39 Å². The van der Waals surface area contributed by atoms with E-state index in [0.717, 1.165) is 11.5 Å². The monoisotopic (exact) mass is 273 g/mol. The van der Waals surface area contributed by atoms with Crippen molar-refractivity contribution in [2.45, 2.75) is 45.1 Å². The van der Waals surface area contributed by atoms with Crippen molar-refractivity contribution in [3.63, 3.8) is 0 Å². The molecule has 4 heteroatoms. The van der Waals surface area contributed by atoms with Crippen LogP contribution in [-0.4, -0.2) is 9.55 Å². The number of nitrogens with one attached hydrogen (secondary N) is 1. The summed E-state index contributed by atoms with van der Waals surface area (Å²) in [6.45, 7) is 1.96. The van der Waals surface area contributed by atoms with Gasteiger partial charge in [0.25, 0.3) is 0 Å². The number of imidazole rings is 1. The van der Waals surface area contributed by atoms with Crippen LogP contribution in [0, 0.1) is 12.7 Å². The highest BCUT2D eigenvalue weighted by molar-refractivity contribution is 5.55. The molecule has 1 aromatic carbocycles. The molecule has 0 atom stereocenters. The highest BCUT2D eigenvalue weighted by atomic mass is 19.1. The van der Waals surface area contributed by atoms with E-state index in [0.29, 0.717) is 11.7 Å². The lowest BCUT2D eigenvalue weighted by atomic mass is 9.95. The lowest BCUT2D eigenvalue weighted by Gasteiger charge is -2.24. The molecule has 0 amide bonds. The molecule has 1 aliphatic carbocycles. The number of halogens is 1. The van der Waals surface area contributed by atoms with E-state index >= 15 is 0 Å². The average molecular weight is 273 g/mol. The van der Waals surface area contributed by atoms with Crippen LogP contribution in [0.1, 0.15) is 43.7 Å². The van der Waals surface area contributed by atoms with Gasteiger partial charge < -0.3 is 9.88 Å². The topological polar surface area (TPSA) is 29.9 Å². The van der Waals surface area contributed by atoms with Gasteiger partial charge in [-0.2, -0.15) is 0 Å². The molecule has 0 radical (unpaired) electrons. The van der Waals surface area contributed by atoms with Crippen LogP contribution in [0.25, 0.3) is 0 Å². The number of hydrogen-bond acceptors (Lipinski definition) is 2. The Hall–Kier alpha value is -1.84. The van der Waals surface area contributed by atoms with Gasteiger partial charge in [0.2, 0.25) is 5.95 Å². The summed E-state index contributed by atoms with van der Waals surface area (Å²) in [7, 11) is 0. The fraction of sp³-hybridized carbons (Fsp3) is 0.438. The molecule has 0 aliphatic heterocycles. The maximum absolute atomic E-state index is 13.8. The summed E-state index contributed by atoms with van der Waals surface area (Å²) in [6, 6.07) is 5.57. The predicted molar refractivity (Wildman–Crippen MR) is 78.8 cm³/mol. The van der Waals surface area contributed by atoms with Gasteiger partial charge in [-0.1, -0.05) is 25.3 Å². The first kappa shape index (κ1) is 13.2. The Morgan fingerprint density at radius 3 is 2.85 bits per heavy atom. The van der Waals surface area contributed by atoms with E-state index in [2.05, 4.69) is 14.9 Å². The molecule has 0 spiro atoms. The Morgan fingerprint density at radius 2 is 2.05 bits per heavy atom. The van der Waals surface area contributed by atoms with E-state index < -0.39 is 0 Å². The van der Waals surface area contributed by atoms with Crippen molar-refractivity contribution < 1.29 is 4.39 Å². The molecule has 2 aromatic rings. The Morgan fingerprint density at radius 1 is 1.25 bits per heavy atom. The summed E-state index contributed by atoms with van der Waals surface area (Å²) in [5, 5.41) is 3.14. The molecule has 20 heavy (non-hydrogen) atoms. The molecule has 1 N–H and O–H groups in total. The molecule has 3 nitrogen and oxygen atoms in total. The second-order valence-corrected chi connectivity index (χ2v) is 5.56. The molecule has 3 rings (SSSR count). The maximum Gasteiger partial charge on any atom is 0.207 e. The quantitative estimate of drug-likeness (QED) is 0.887. The van der Waals surface area contributed by atoms with E-state index in [4.69, 9.17) is 0 Å². The Balaban J connectivity index is 1.84. The Labute approximate surface area is 118 Å². The van der Waals surface area contributed by atoms with Gasteiger partial charge in [-0.25, -0.2) is 9.37 Å². The summed E-state index contributed by atoms with van der Waals surface area (Å²) < 4.78 is 16.0. The summed E-state index contributed by atoms with van der Waals surface area (Å²) in [6.07, 6.45) is 9.99. The van der Waals surface area contributed by atoms with Crippen LogP contribution < -0.4 is 5.32 Å². The first-order valence-electron chi connectivity index (χ1n) is 7.30. The van der Waals surface area contributed by atoms with Crippen molar-refractivity contribution in [1.29, 1.82) is 0 Å². The van der Waals surface area contributed by atoms with Crippen molar-refractivity contribution in [3.8, 4) is 0 Å². The third-order valence-corrected chi connectivity index (χ3v) is 4.01. The van der Waals surface area contributed by atoms with Crippen molar-refractivity contribution >= 4 is 11.6 Å². The molecule has 0 bridgehead atoms. The normalized spacial score (nSPS) is 16.3. The second-order valence-electron chi connectivity index (χ2n) is 5.56. The molecular weight excluding hydrogens is 253 g/mol. The number of rotatable bonds is 3. The first-order valence-corrected chi connectivity index (χ1v) is 7.30. The van der Waals surface area contributed by atoms with Crippen LogP contribution in [0.15, 0.2) is 30.6 Å². The number of aromatic nitrogens is 2. The lowest BCUT2D eigenvalue weighted by molar-refractivity contribution is 0.356. The van der Waals surface area contributed by atoms with Crippen molar-refractivity contribution in [2.24, 2.45) is 0 Å². The average Bonchev–Trinajstić information content (AvgIpc) is 2.92. The highest BCUT2D eigenvalue weighted by Crippen LogP contribution is 2.31. The van der Waals surface area contributed by atoms with Gasteiger partial charge in [0.15, 0.2) is 0 Å². The molecule has 106 valence electrons. The third kappa shape index (κ3) is 2.69. The van der Waals surface area contributed by atoms with Gasteiger partial charge in [0.1, 0.15) is 5.82 Å². The molecule has 0 unspecified atom stereocenters. The summed E-state index contributed by atoms with van der Waals surface area (Å²) in [5.41, 5.74) is 1.53.